The highest BCUT2D eigenvalue weighted by Gasteiger charge is 2.24. The summed E-state index contributed by atoms with van der Waals surface area (Å²) in [6, 6.07) is 9.89. The lowest BCUT2D eigenvalue weighted by Crippen LogP contribution is -2.15. The van der Waals surface area contributed by atoms with Crippen LogP contribution in [0.2, 0.25) is 4.34 Å². The van der Waals surface area contributed by atoms with Gasteiger partial charge in [0.1, 0.15) is 20.7 Å². The van der Waals surface area contributed by atoms with Crippen molar-refractivity contribution < 1.29 is 17.9 Å². The van der Waals surface area contributed by atoms with Gasteiger partial charge in [0.15, 0.2) is 5.16 Å². The number of carbonyl (C=O) groups is 1. The highest BCUT2D eigenvalue weighted by atomic mass is 35.5. The van der Waals surface area contributed by atoms with Gasteiger partial charge in [-0.05, 0) is 24.3 Å². The van der Waals surface area contributed by atoms with Crippen LogP contribution in [0.4, 0.5) is 11.5 Å². The SMILES string of the molecule is COc1ccccc1NC(=O)CSc1ncc(S(=O)(=O)c2ccc(Cl)s2)c(N)n1. The Morgan fingerprint density at radius 3 is 2.72 bits per heavy atom. The van der Waals surface area contributed by atoms with E-state index in [-0.39, 0.29) is 31.7 Å². The molecule has 12 heteroatoms. The van der Waals surface area contributed by atoms with Crippen LogP contribution in [0.3, 0.4) is 0 Å². The molecule has 1 aromatic carbocycles. The van der Waals surface area contributed by atoms with Crippen molar-refractivity contribution in [2.45, 2.75) is 14.3 Å². The number of nitrogens with one attached hydrogen (secondary N) is 1. The van der Waals surface area contributed by atoms with E-state index >= 15 is 0 Å². The second kappa shape index (κ2) is 8.99. The fourth-order valence-corrected chi connectivity index (χ4v) is 5.75. The molecule has 3 rings (SSSR count). The average Bonchev–Trinajstić information content (AvgIpc) is 3.14. The van der Waals surface area contributed by atoms with Gasteiger partial charge in [-0.2, -0.15) is 0 Å². The Morgan fingerprint density at radius 1 is 1.31 bits per heavy atom. The first-order valence-corrected chi connectivity index (χ1v) is 11.7. The molecule has 152 valence electrons. The smallest absolute Gasteiger partial charge is 0.234 e. The van der Waals surface area contributed by atoms with Crippen molar-refractivity contribution in [3.63, 3.8) is 0 Å². The van der Waals surface area contributed by atoms with Gasteiger partial charge in [0, 0.05) is 0 Å². The van der Waals surface area contributed by atoms with Gasteiger partial charge in [-0.3, -0.25) is 4.79 Å². The number of rotatable bonds is 7. The summed E-state index contributed by atoms with van der Waals surface area (Å²) in [5.41, 5.74) is 6.37. The van der Waals surface area contributed by atoms with Gasteiger partial charge in [0.25, 0.3) is 0 Å². The highest BCUT2D eigenvalue weighted by Crippen LogP contribution is 2.32. The van der Waals surface area contributed by atoms with Gasteiger partial charge in [-0.1, -0.05) is 35.5 Å². The summed E-state index contributed by atoms with van der Waals surface area (Å²) in [7, 11) is -2.35. The lowest BCUT2D eigenvalue weighted by atomic mass is 10.3. The number of hydrogen-bond donors (Lipinski definition) is 2. The third-order valence-electron chi connectivity index (χ3n) is 3.58. The lowest BCUT2D eigenvalue weighted by molar-refractivity contribution is -0.113. The lowest BCUT2D eigenvalue weighted by Gasteiger charge is -2.09. The number of halogens is 1. The number of hydrogen-bond acceptors (Lipinski definition) is 9. The van der Waals surface area contributed by atoms with Crippen LogP contribution in [-0.2, 0) is 14.6 Å². The summed E-state index contributed by atoms with van der Waals surface area (Å²) >= 11 is 7.75. The van der Waals surface area contributed by atoms with Crippen LogP contribution in [0.15, 0.2) is 56.9 Å². The fourth-order valence-electron chi connectivity index (χ4n) is 2.26. The zero-order valence-electron chi connectivity index (χ0n) is 15.0. The summed E-state index contributed by atoms with van der Waals surface area (Å²) in [5.74, 6) is 0.0442. The van der Waals surface area contributed by atoms with Crippen LogP contribution in [0.25, 0.3) is 0 Å². The second-order valence-electron chi connectivity index (χ2n) is 5.50. The van der Waals surface area contributed by atoms with Crippen molar-refractivity contribution in [2.24, 2.45) is 0 Å². The number of nitrogens with two attached hydrogens (primary N) is 1. The molecule has 0 saturated heterocycles. The van der Waals surface area contributed by atoms with E-state index in [1.165, 1.54) is 19.2 Å². The third kappa shape index (κ3) is 4.99. The first-order chi connectivity index (χ1) is 13.8. The first-order valence-electron chi connectivity index (χ1n) is 8.00. The maximum atomic E-state index is 12.6. The number of sulfone groups is 1. The molecule has 0 aliphatic rings. The van der Waals surface area contributed by atoms with Crippen molar-refractivity contribution in [1.29, 1.82) is 0 Å². The molecular formula is C17H15ClN4O4S3. The monoisotopic (exact) mass is 470 g/mol. The van der Waals surface area contributed by atoms with E-state index in [2.05, 4.69) is 15.3 Å². The van der Waals surface area contributed by atoms with Crippen LogP contribution in [0.1, 0.15) is 0 Å². The van der Waals surface area contributed by atoms with Crippen molar-refractivity contribution in [1.82, 2.24) is 9.97 Å². The molecule has 0 radical (unpaired) electrons. The maximum absolute atomic E-state index is 12.6. The zero-order chi connectivity index (χ0) is 21.0. The molecule has 3 N–H and O–H groups in total. The van der Waals surface area contributed by atoms with Crippen LogP contribution in [-0.4, -0.2) is 37.2 Å². The van der Waals surface area contributed by atoms with Crippen LogP contribution in [0.5, 0.6) is 5.75 Å². The van der Waals surface area contributed by atoms with Crippen LogP contribution in [0, 0.1) is 0 Å². The number of aromatic nitrogens is 2. The minimum atomic E-state index is -3.86. The highest BCUT2D eigenvalue weighted by molar-refractivity contribution is 7.99. The van der Waals surface area contributed by atoms with E-state index in [4.69, 9.17) is 22.1 Å². The summed E-state index contributed by atoms with van der Waals surface area (Å²) in [4.78, 5) is 20.0. The number of ether oxygens (including phenoxy) is 1. The molecule has 0 atom stereocenters. The Morgan fingerprint density at radius 2 is 2.07 bits per heavy atom. The second-order valence-corrected chi connectivity index (χ2v) is 10.3. The predicted molar refractivity (Wildman–Crippen MR) is 114 cm³/mol. The molecule has 29 heavy (non-hydrogen) atoms. The number of thioether (sulfide) groups is 1. The van der Waals surface area contributed by atoms with Gasteiger partial charge in [-0.25, -0.2) is 18.4 Å². The molecule has 2 aromatic heterocycles. The normalized spacial score (nSPS) is 11.2. The van der Waals surface area contributed by atoms with E-state index in [1.54, 1.807) is 24.3 Å². The minimum absolute atomic E-state index is 0.00409. The molecule has 0 aliphatic heterocycles. The minimum Gasteiger partial charge on any atom is -0.495 e. The largest absolute Gasteiger partial charge is 0.495 e. The molecule has 1 amide bonds. The van der Waals surface area contributed by atoms with Crippen molar-refractivity contribution in [3.05, 3.63) is 46.9 Å². The number of nitrogens with zero attached hydrogens (tertiary/aromatic N) is 2. The summed E-state index contributed by atoms with van der Waals surface area (Å²) in [5, 5.41) is 2.91. The van der Waals surface area contributed by atoms with Gasteiger partial charge < -0.3 is 15.8 Å². The number of anilines is 2. The van der Waals surface area contributed by atoms with Crippen molar-refractivity contribution in [3.8, 4) is 5.75 Å². The standard InChI is InChI=1S/C17H15ClN4O4S3/c1-26-11-5-3-2-4-10(11)21-14(23)9-27-17-20-8-12(16(19)22-17)29(24,25)15-7-6-13(18)28-15/h2-8H,9H2,1H3,(H,21,23)(H2,19,20,22). The van der Waals surface area contributed by atoms with Crippen LogP contribution >= 0.6 is 34.7 Å². The van der Waals surface area contributed by atoms with Gasteiger partial charge in [0.2, 0.25) is 15.7 Å². The summed E-state index contributed by atoms with van der Waals surface area (Å²) in [6.07, 6.45) is 1.13. The molecule has 8 nitrogen and oxygen atoms in total. The molecule has 3 aromatic rings. The van der Waals surface area contributed by atoms with E-state index < -0.39 is 9.84 Å². The molecular weight excluding hydrogens is 456 g/mol. The molecule has 0 spiro atoms. The topological polar surface area (TPSA) is 124 Å². The number of carbonyl (C=O) groups excluding carboxylic acids is 1. The van der Waals surface area contributed by atoms with Crippen LogP contribution < -0.4 is 15.8 Å². The zero-order valence-corrected chi connectivity index (χ0v) is 18.2. The summed E-state index contributed by atoms with van der Waals surface area (Å²) < 4.78 is 30.8. The Balaban J connectivity index is 1.68. The maximum Gasteiger partial charge on any atom is 0.234 e. The number of para-hydroxylation sites is 2. The van der Waals surface area contributed by atoms with Crippen molar-refractivity contribution >= 4 is 61.9 Å². The van der Waals surface area contributed by atoms with E-state index in [0.717, 1.165) is 29.3 Å². The number of nitrogen functional groups attached to an aromatic ring is 1. The number of benzene rings is 1. The van der Waals surface area contributed by atoms with Gasteiger partial charge >= 0.3 is 0 Å². The first kappa shape index (κ1) is 21.4. The van der Waals surface area contributed by atoms with Gasteiger partial charge in [0.05, 0.1) is 29.1 Å². The molecule has 0 unspecified atom stereocenters. The van der Waals surface area contributed by atoms with Crippen molar-refractivity contribution in [2.75, 3.05) is 23.9 Å². The number of thiophene rings is 1. The molecule has 2 heterocycles. The quantitative estimate of drug-likeness (QED) is 0.398. The van der Waals surface area contributed by atoms with E-state index in [0.29, 0.717) is 15.8 Å². The Kier molecular flexibility index (Phi) is 6.63. The van der Waals surface area contributed by atoms with Gasteiger partial charge in [-0.15, -0.1) is 11.3 Å². The number of methoxy groups -OCH3 is 1. The predicted octanol–water partition coefficient (Wildman–Crippen LogP) is 3.35. The average molecular weight is 471 g/mol. The third-order valence-corrected chi connectivity index (χ3v) is 7.93. The summed E-state index contributed by atoms with van der Waals surface area (Å²) in [6.45, 7) is 0. The number of amides is 1. The Hall–Kier alpha value is -2.34. The van der Waals surface area contributed by atoms with E-state index in [1.807, 2.05) is 0 Å². The fraction of sp³-hybridized carbons (Fsp3) is 0.118. The molecule has 0 aliphatic carbocycles. The molecule has 0 fully saturated rings. The molecule has 0 saturated carbocycles. The van der Waals surface area contributed by atoms with E-state index in [9.17, 15) is 13.2 Å². The Labute approximate surface area is 180 Å². The Bertz CT molecular complexity index is 1150. The molecule has 0 bridgehead atoms.